The molecule has 1 heterocycles. The van der Waals surface area contributed by atoms with E-state index >= 15 is 0 Å². The van der Waals surface area contributed by atoms with E-state index in [1.807, 2.05) is 82.3 Å². The Morgan fingerprint density at radius 1 is 0.925 bits per heavy atom. The third-order valence-electron chi connectivity index (χ3n) is 6.31. The van der Waals surface area contributed by atoms with Crippen LogP contribution in [-0.2, 0) is 4.79 Å². The Kier molecular flexibility index (Phi) is 9.06. The second-order valence-electron chi connectivity index (χ2n) is 9.44. The summed E-state index contributed by atoms with van der Waals surface area (Å²) in [4.78, 5) is 28.1. The topological polar surface area (TPSA) is 97.7 Å². The number of aromatic nitrogens is 2. The predicted octanol–water partition coefficient (Wildman–Crippen LogP) is 6.14. The lowest BCUT2D eigenvalue weighted by Crippen LogP contribution is -2.44. The SMILES string of the molecule is CCOc1ccc(NC(=O)N(CC(=O)Nc2c(-c3ccccc3)c(C)nn2-c2ccc(OC)cc2)C(C)C)cc1. The van der Waals surface area contributed by atoms with E-state index < -0.39 is 0 Å². The molecule has 0 bridgehead atoms. The number of urea groups is 1. The summed E-state index contributed by atoms with van der Waals surface area (Å²) in [7, 11) is 1.61. The second kappa shape index (κ2) is 12.8. The minimum atomic E-state index is -0.377. The van der Waals surface area contributed by atoms with E-state index in [0.29, 0.717) is 23.9 Å². The Balaban J connectivity index is 1.59. The molecule has 0 aliphatic carbocycles. The highest BCUT2D eigenvalue weighted by atomic mass is 16.5. The molecule has 208 valence electrons. The van der Waals surface area contributed by atoms with Crippen LogP contribution < -0.4 is 20.1 Å². The van der Waals surface area contributed by atoms with Crippen molar-refractivity contribution in [2.45, 2.75) is 33.7 Å². The third kappa shape index (κ3) is 6.61. The number of carbonyl (C=O) groups excluding carboxylic acids is 2. The average molecular weight is 542 g/mol. The van der Waals surface area contributed by atoms with Crippen LogP contribution in [0, 0.1) is 6.92 Å². The van der Waals surface area contributed by atoms with E-state index in [-0.39, 0.29) is 24.5 Å². The molecule has 0 fully saturated rings. The van der Waals surface area contributed by atoms with Gasteiger partial charge in [0.1, 0.15) is 23.9 Å². The van der Waals surface area contributed by atoms with Crippen molar-refractivity contribution in [2.75, 3.05) is 30.9 Å². The van der Waals surface area contributed by atoms with Crippen LogP contribution in [0.25, 0.3) is 16.8 Å². The van der Waals surface area contributed by atoms with Crippen molar-refractivity contribution < 1.29 is 19.1 Å². The number of ether oxygens (including phenoxy) is 2. The molecule has 0 saturated carbocycles. The maximum atomic E-state index is 13.5. The molecule has 0 unspecified atom stereocenters. The molecule has 9 nitrogen and oxygen atoms in total. The molecule has 4 rings (SSSR count). The third-order valence-corrected chi connectivity index (χ3v) is 6.31. The zero-order chi connectivity index (χ0) is 28.6. The lowest BCUT2D eigenvalue weighted by atomic mass is 10.1. The molecule has 0 aliphatic heterocycles. The molecule has 0 radical (unpaired) electrons. The van der Waals surface area contributed by atoms with E-state index in [9.17, 15) is 9.59 Å². The minimum absolute atomic E-state index is 0.151. The van der Waals surface area contributed by atoms with Crippen molar-refractivity contribution in [1.29, 1.82) is 0 Å². The van der Waals surface area contributed by atoms with Gasteiger partial charge in [0, 0.05) is 17.3 Å². The van der Waals surface area contributed by atoms with Gasteiger partial charge in [0.15, 0.2) is 0 Å². The van der Waals surface area contributed by atoms with E-state index in [1.54, 1.807) is 36.1 Å². The van der Waals surface area contributed by atoms with Crippen LogP contribution in [0.3, 0.4) is 0 Å². The summed E-state index contributed by atoms with van der Waals surface area (Å²) in [5, 5.41) is 10.7. The van der Waals surface area contributed by atoms with Gasteiger partial charge in [-0.05, 0) is 81.8 Å². The van der Waals surface area contributed by atoms with E-state index in [0.717, 1.165) is 28.3 Å². The van der Waals surface area contributed by atoms with Crippen LogP contribution in [0.2, 0.25) is 0 Å². The molecule has 2 N–H and O–H groups in total. The highest BCUT2D eigenvalue weighted by molar-refractivity contribution is 5.99. The highest BCUT2D eigenvalue weighted by Crippen LogP contribution is 2.33. The smallest absolute Gasteiger partial charge is 0.322 e. The van der Waals surface area contributed by atoms with Crippen molar-refractivity contribution >= 4 is 23.4 Å². The molecule has 0 aliphatic rings. The fourth-order valence-corrected chi connectivity index (χ4v) is 4.32. The van der Waals surface area contributed by atoms with E-state index in [4.69, 9.17) is 14.6 Å². The lowest BCUT2D eigenvalue weighted by molar-refractivity contribution is -0.117. The molecule has 0 spiro atoms. The summed E-state index contributed by atoms with van der Waals surface area (Å²) in [5.41, 5.74) is 3.85. The quantitative estimate of drug-likeness (QED) is 0.252. The molecule has 40 heavy (non-hydrogen) atoms. The van der Waals surface area contributed by atoms with Crippen molar-refractivity contribution in [3.05, 3.63) is 84.6 Å². The Bertz CT molecular complexity index is 1430. The maximum Gasteiger partial charge on any atom is 0.322 e. The summed E-state index contributed by atoms with van der Waals surface area (Å²) in [6, 6.07) is 23.7. The number of carbonyl (C=O) groups is 2. The maximum absolute atomic E-state index is 13.5. The molecule has 4 aromatic rings. The number of hydrogen-bond donors (Lipinski definition) is 2. The van der Waals surface area contributed by atoms with Gasteiger partial charge in [-0.1, -0.05) is 30.3 Å². The Labute approximate surface area is 234 Å². The number of anilines is 2. The standard InChI is InChI=1S/C31H35N5O4/c1-6-40-27-16-12-24(13-17-27)32-31(38)35(21(2)3)20-28(37)33-30-29(23-10-8-7-9-11-23)22(4)34-36(30)25-14-18-26(39-5)19-15-25/h7-19,21H,6,20H2,1-5H3,(H,32,38)(H,33,37). The van der Waals surface area contributed by atoms with E-state index in [1.165, 1.54) is 4.90 Å². The Morgan fingerprint density at radius 2 is 1.57 bits per heavy atom. The van der Waals surface area contributed by atoms with Gasteiger partial charge in [-0.15, -0.1) is 0 Å². The van der Waals surface area contributed by atoms with E-state index in [2.05, 4.69) is 10.6 Å². The molecule has 3 aromatic carbocycles. The van der Waals surface area contributed by atoms with Crippen LogP contribution in [0.15, 0.2) is 78.9 Å². The average Bonchev–Trinajstić information content (AvgIpc) is 3.28. The number of benzene rings is 3. The molecule has 9 heteroatoms. The van der Waals surface area contributed by atoms with Gasteiger partial charge in [0.25, 0.3) is 0 Å². The Hall–Kier alpha value is -4.79. The second-order valence-corrected chi connectivity index (χ2v) is 9.44. The highest BCUT2D eigenvalue weighted by Gasteiger charge is 2.24. The normalized spacial score (nSPS) is 10.8. The molecule has 3 amide bonds. The summed E-state index contributed by atoms with van der Waals surface area (Å²) in [5.74, 6) is 1.61. The number of amides is 3. The largest absolute Gasteiger partial charge is 0.497 e. The summed E-state index contributed by atoms with van der Waals surface area (Å²) in [6.45, 7) is 7.96. The molecular weight excluding hydrogens is 506 g/mol. The summed E-state index contributed by atoms with van der Waals surface area (Å²) >= 11 is 0. The van der Waals surface area contributed by atoms with Gasteiger partial charge in [0.05, 0.1) is 25.1 Å². The van der Waals surface area contributed by atoms with Gasteiger partial charge in [0.2, 0.25) is 5.91 Å². The number of methoxy groups -OCH3 is 1. The minimum Gasteiger partial charge on any atom is -0.497 e. The van der Waals surface area contributed by atoms with Crippen LogP contribution in [0.1, 0.15) is 26.5 Å². The number of nitrogens with zero attached hydrogens (tertiary/aromatic N) is 3. The number of nitrogens with one attached hydrogen (secondary N) is 2. The summed E-state index contributed by atoms with van der Waals surface area (Å²) < 4.78 is 12.5. The summed E-state index contributed by atoms with van der Waals surface area (Å²) in [6.07, 6.45) is 0. The zero-order valence-corrected chi connectivity index (χ0v) is 23.5. The van der Waals surface area contributed by atoms with Crippen LogP contribution >= 0.6 is 0 Å². The molecular formula is C31H35N5O4. The van der Waals surface area contributed by atoms with Gasteiger partial charge >= 0.3 is 6.03 Å². The van der Waals surface area contributed by atoms with Gasteiger partial charge in [-0.2, -0.15) is 5.10 Å². The first-order chi connectivity index (χ1) is 19.3. The number of hydrogen-bond acceptors (Lipinski definition) is 5. The van der Waals surface area contributed by atoms with Gasteiger partial charge in [-0.3, -0.25) is 4.79 Å². The fourth-order valence-electron chi connectivity index (χ4n) is 4.32. The first-order valence-corrected chi connectivity index (χ1v) is 13.2. The Morgan fingerprint density at radius 3 is 2.17 bits per heavy atom. The molecule has 0 saturated heterocycles. The lowest BCUT2D eigenvalue weighted by Gasteiger charge is -2.26. The van der Waals surface area contributed by atoms with Crippen LogP contribution in [0.5, 0.6) is 11.5 Å². The predicted molar refractivity (Wildman–Crippen MR) is 157 cm³/mol. The molecule has 0 atom stereocenters. The first-order valence-electron chi connectivity index (χ1n) is 13.2. The number of rotatable bonds is 10. The number of aryl methyl sites for hydroxylation is 1. The van der Waals surface area contributed by atoms with Crippen LogP contribution in [-0.4, -0.2) is 52.9 Å². The first kappa shape index (κ1) is 28.2. The monoisotopic (exact) mass is 541 g/mol. The van der Waals surface area contributed by atoms with Crippen molar-refractivity contribution in [1.82, 2.24) is 14.7 Å². The van der Waals surface area contributed by atoms with Crippen molar-refractivity contribution in [2.24, 2.45) is 0 Å². The van der Waals surface area contributed by atoms with Crippen LogP contribution in [0.4, 0.5) is 16.3 Å². The fraction of sp³-hybridized carbons (Fsp3) is 0.258. The zero-order valence-electron chi connectivity index (χ0n) is 23.5. The van der Waals surface area contributed by atoms with Crippen molar-refractivity contribution in [3.63, 3.8) is 0 Å². The van der Waals surface area contributed by atoms with Crippen molar-refractivity contribution in [3.8, 4) is 28.3 Å². The van der Waals surface area contributed by atoms with Gasteiger partial charge < -0.3 is 25.0 Å². The van der Waals surface area contributed by atoms with Gasteiger partial charge in [-0.25, -0.2) is 9.48 Å². The molecule has 1 aromatic heterocycles.